The van der Waals surface area contributed by atoms with E-state index in [0.29, 0.717) is 9.81 Å². The lowest BCUT2D eigenvalue weighted by Crippen LogP contribution is -1.90. The first-order valence-electron chi connectivity index (χ1n) is 17.9. The number of thioether (sulfide) groups is 16. The molecule has 0 fully saturated rings. The van der Waals surface area contributed by atoms with Crippen molar-refractivity contribution in [3.63, 3.8) is 0 Å². The molecule has 0 aromatic heterocycles. The quantitative estimate of drug-likeness (QED) is 0.0610. The normalized spacial score (nSPS) is 17.9. The van der Waals surface area contributed by atoms with Gasteiger partial charge in [-0.15, -0.1) is 94.1 Å². The van der Waals surface area contributed by atoms with E-state index in [1.807, 2.05) is 165 Å². The largest absolute Gasteiger partial charge is 0.192 e. The molecule has 0 radical (unpaired) electrons. The number of nitrogens with zero attached hydrogens (tertiary/aromatic N) is 2. The molecular formula is C36H46N2S16. The Bertz CT molecular complexity index is 1400. The first-order chi connectivity index (χ1) is 26.5. The fraction of sp³-hybridized carbons (Fsp3) is 0.556. The number of hydrogen-bond donors (Lipinski definition) is 0. The van der Waals surface area contributed by atoms with Gasteiger partial charge in [-0.05, 0) is 59.5 Å². The van der Waals surface area contributed by atoms with Crippen molar-refractivity contribution < 1.29 is 0 Å². The standard InChI is InChI=1S/C36H46N2S16/c1-5-9-13-43-29-30(44-14-10-6-2)52-35(51-29)33-47-23-27(49-33)41-19-17-39-25(21-37)26(22-38)40-18-20-42-28-24-48-34(50-28)36-53-31(45-15-11-7-3)32(54-36)46-16-12-8-4/h23-24H,5-20H2,1-4H3/b26-25-. The van der Waals surface area contributed by atoms with Crippen LogP contribution in [0.4, 0.5) is 0 Å². The zero-order chi connectivity index (χ0) is 38.4. The number of hydrogen-bond acceptors (Lipinski definition) is 18. The molecular weight excluding hydrogens is 973 g/mol. The van der Waals surface area contributed by atoms with E-state index in [9.17, 15) is 10.5 Å². The van der Waals surface area contributed by atoms with Crippen LogP contribution in [0.5, 0.6) is 0 Å². The first kappa shape index (κ1) is 49.4. The van der Waals surface area contributed by atoms with Crippen molar-refractivity contribution in [1.29, 1.82) is 10.5 Å². The van der Waals surface area contributed by atoms with Gasteiger partial charge in [0, 0.05) is 23.0 Å². The molecule has 0 unspecified atom stereocenters. The Morgan fingerprint density at radius 2 is 0.778 bits per heavy atom. The van der Waals surface area contributed by atoms with Gasteiger partial charge in [-0.3, -0.25) is 0 Å². The zero-order valence-corrected chi connectivity index (χ0v) is 44.0. The molecule has 0 atom stereocenters. The maximum atomic E-state index is 9.92. The molecule has 0 spiro atoms. The monoisotopic (exact) mass is 1020 g/mol. The van der Waals surface area contributed by atoms with Crippen LogP contribution in [0.25, 0.3) is 0 Å². The van der Waals surface area contributed by atoms with Gasteiger partial charge in [-0.2, -0.15) is 10.5 Å². The molecule has 4 heterocycles. The molecule has 18 heteroatoms. The molecule has 0 N–H and O–H groups in total. The highest BCUT2D eigenvalue weighted by atomic mass is 32.3. The van der Waals surface area contributed by atoms with Gasteiger partial charge in [-0.1, -0.05) is 147 Å². The maximum Gasteiger partial charge on any atom is 0.109 e. The van der Waals surface area contributed by atoms with Crippen LogP contribution in [-0.2, 0) is 0 Å². The van der Waals surface area contributed by atoms with Crippen molar-refractivity contribution in [3.05, 3.63) is 63.0 Å². The van der Waals surface area contributed by atoms with Crippen molar-refractivity contribution in [2.75, 3.05) is 46.0 Å². The van der Waals surface area contributed by atoms with Crippen LogP contribution in [0.3, 0.4) is 0 Å². The summed E-state index contributed by atoms with van der Waals surface area (Å²) in [5, 5.41) is 24.4. The summed E-state index contributed by atoms with van der Waals surface area (Å²) < 4.78 is 14.4. The van der Waals surface area contributed by atoms with Gasteiger partial charge >= 0.3 is 0 Å². The molecule has 0 aromatic carbocycles. The minimum absolute atomic E-state index is 0.560. The van der Waals surface area contributed by atoms with E-state index in [1.54, 1.807) is 0 Å². The summed E-state index contributed by atoms with van der Waals surface area (Å²) >= 11 is 30.4. The van der Waals surface area contributed by atoms with Gasteiger partial charge in [0.2, 0.25) is 0 Å². The van der Waals surface area contributed by atoms with Crippen LogP contribution in [0.15, 0.2) is 63.0 Å². The van der Waals surface area contributed by atoms with Gasteiger partial charge < -0.3 is 0 Å². The summed E-state index contributed by atoms with van der Waals surface area (Å²) in [6.45, 7) is 9.07. The third kappa shape index (κ3) is 17.6. The fourth-order valence-electron chi connectivity index (χ4n) is 3.96. The number of unbranched alkanes of at least 4 members (excludes halogenated alkanes) is 4. The molecule has 4 aliphatic heterocycles. The number of allylic oxidation sites excluding steroid dienone is 2. The van der Waals surface area contributed by atoms with Gasteiger partial charge in [0.1, 0.15) is 21.9 Å². The average molecular weight is 1020 g/mol. The Kier molecular flexibility index (Phi) is 27.4. The molecule has 296 valence electrons. The van der Waals surface area contributed by atoms with Crippen LogP contribution in [0, 0.1) is 22.7 Å². The van der Waals surface area contributed by atoms with Crippen molar-refractivity contribution >= 4 is 188 Å². The van der Waals surface area contributed by atoms with E-state index in [0.717, 1.165) is 23.0 Å². The average Bonchev–Trinajstić information content (AvgIpc) is 4.00. The van der Waals surface area contributed by atoms with E-state index in [1.165, 1.54) is 140 Å². The van der Waals surface area contributed by atoms with Crippen LogP contribution in [0.2, 0.25) is 0 Å². The van der Waals surface area contributed by atoms with Crippen molar-refractivity contribution in [1.82, 2.24) is 0 Å². The lowest BCUT2D eigenvalue weighted by molar-refractivity contribution is 0.897. The van der Waals surface area contributed by atoms with Crippen molar-refractivity contribution in [3.8, 4) is 12.1 Å². The SMILES string of the molecule is CCCCSC1=C(SCCCC)SC(=C2SC=C(SCCS/C(C#N)=C(/C#N)SCCSC3=CSC(=C4SC(SCCCC)=C(SCCCC)S4)S3)S2)S1. The topological polar surface area (TPSA) is 47.6 Å². The fourth-order valence-corrected chi connectivity index (χ4v) is 26.3. The first-order valence-corrected chi connectivity index (χ1v) is 32.4. The lowest BCUT2D eigenvalue weighted by Gasteiger charge is -2.06. The Morgan fingerprint density at radius 1 is 0.444 bits per heavy atom. The van der Waals surface area contributed by atoms with Gasteiger partial charge in [0.25, 0.3) is 0 Å². The summed E-state index contributed by atoms with van der Waals surface area (Å²) in [5.41, 5.74) is 0. The van der Waals surface area contributed by atoms with Crippen molar-refractivity contribution in [2.24, 2.45) is 0 Å². The highest BCUT2D eigenvalue weighted by molar-refractivity contribution is 8.44. The van der Waals surface area contributed by atoms with E-state index < -0.39 is 0 Å². The van der Waals surface area contributed by atoms with Gasteiger partial charge in [0.05, 0.1) is 42.4 Å². The molecule has 2 nitrogen and oxygen atoms in total. The summed E-state index contributed by atoms with van der Waals surface area (Å²) in [4.78, 5) is 1.12. The molecule has 0 saturated carbocycles. The lowest BCUT2D eigenvalue weighted by atomic mass is 10.4. The minimum Gasteiger partial charge on any atom is -0.192 e. The third-order valence-corrected chi connectivity index (χ3v) is 29.3. The van der Waals surface area contributed by atoms with Crippen LogP contribution < -0.4 is 0 Å². The summed E-state index contributed by atoms with van der Waals surface area (Å²) in [6, 6.07) is 4.66. The number of rotatable bonds is 26. The molecule has 0 bridgehead atoms. The van der Waals surface area contributed by atoms with E-state index in [2.05, 4.69) is 50.6 Å². The van der Waals surface area contributed by atoms with Gasteiger partial charge in [-0.25, -0.2) is 0 Å². The van der Waals surface area contributed by atoms with Crippen molar-refractivity contribution in [2.45, 2.75) is 79.1 Å². The molecule has 0 aliphatic carbocycles. The Labute approximate surface area is 393 Å². The van der Waals surface area contributed by atoms with Crippen LogP contribution in [0.1, 0.15) is 79.1 Å². The highest BCUT2D eigenvalue weighted by Gasteiger charge is 2.29. The van der Waals surface area contributed by atoms with E-state index in [-0.39, 0.29) is 0 Å². The molecule has 0 aromatic rings. The van der Waals surface area contributed by atoms with E-state index in [4.69, 9.17) is 0 Å². The maximum absolute atomic E-state index is 9.92. The summed E-state index contributed by atoms with van der Waals surface area (Å²) in [7, 11) is 0. The van der Waals surface area contributed by atoms with Crippen LogP contribution in [-0.4, -0.2) is 46.0 Å². The van der Waals surface area contributed by atoms with Crippen LogP contribution >= 0.6 is 188 Å². The number of nitriles is 2. The minimum atomic E-state index is 0.560. The second-order valence-electron chi connectivity index (χ2n) is 11.1. The predicted molar refractivity (Wildman–Crippen MR) is 283 cm³/mol. The molecule has 4 rings (SSSR count). The second kappa shape index (κ2) is 29.9. The molecule has 0 saturated heterocycles. The summed E-state index contributed by atoms with van der Waals surface area (Å²) in [6.07, 6.45) is 10.0. The Balaban J connectivity index is 1.16. The van der Waals surface area contributed by atoms with E-state index >= 15 is 0 Å². The Hall–Kier alpha value is 2.76. The smallest absolute Gasteiger partial charge is 0.109 e. The molecule has 54 heavy (non-hydrogen) atoms. The zero-order valence-electron chi connectivity index (χ0n) is 30.9. The van der Waals surface area contributed by atoms with Gasteiger partial charge in [0.15, 0.2) is 0 Å². The second-order valence-corrected chi connectivity index (χ2v) is 30.5. The molecule has 0 amide bonds. The summed E-state index contributed by atoms with van der Waals surface area (Å²) in [5.74, 6) is 8.25. The highest BCUT2D eigenvalue weighted by Crippen LogP contribution is 2.65. The third-order valence-electron chi connectivity index (χ3n) is 6.80. The predicted octanol–water partition coefficient (Wildman–Crippen LogP) is 18.3. The molecule has 4 aliphatic rings. The Morgan fingerprint density at radius 3 is 1.07 bits per heavy atom.